The topological polar surface area (TPSA) is 79.6 Å². The van der Waals surface area contributed by atoms with E-state index >= 15 is 0 Å². The molecule has 0 radical (unpaired) electrons. The molecule has 1 unspecified atom stereocenters. The van der Waals surface area contributed by atoms with Crippen LogP contribution in [0.25, 0.3) is 11.2 Å². The van der Waals surface area contributed by atoms with Crippen molar-refractivity contribution in [3.05, 3.63) is 38.1 Å². The first kappa shape index (κ1) is 18.2. The number of nitrogens with one attached hydrogen (secondary N) is 2. The van der Waals surface area contributed by atoms with E-state index in [4.69, 9.17) is 5.73 Å². The minimum absolute atomic E-state index is 0.0765. The van der Waals surface area contributed by atoms with E-state index in [1.807, 2.05) is 19.1 Å². The maximum Gasteiger partial charge on any atom is 0.273 e. The SMILES string of the molecule is Cc1c(CC(N)CCNc2nc3ncccc3[nH]2)sc(C(F)F)c1Br. The number of aromatic amines is 1. The van der Waals surface area contributed by atoms with Crippen molar-refractivity contribution in [2.45, 2.75) is 32.2 Å². The summed E-state index contributed by atoms with van der Waals surface area (Å²) in [5.41, 5.74) is 8.55. The molecule has 0 bridgehead atoms. The quantitative estimate of drug-likeness (QED) is 0.519. The van der Waals surface area contributed by atoms with Gasteiger partial charge in [-0.05, 0) is 53.4 Å². The van der Waals surface area contributed by atoms with E-state index in [9.17, 15) is 8.78 Å². The lowest BCUT2D eigenvalue weighted by molar-refractivity contribution is 0.155. The second-order valence-electron chi connectivity index (χ2n) is 5.77. The van der Waals surface area contributed by atoms with Crippen LogP contribution < -0.4 is 11.1 Å². The number of alkyl halides is 2. The van der Waals surface area contributed by atoms with Gasteiger partial charge in [-0.25, -0.2) is 13.8 Å². The number of hydrogen-bond donors (Lipinski definition) is 3. The molecule has 9 heteroatoms. The highest BCUT2D eigenvalue weighted by Gasteiger charge is 2.21. The molecule has 3 rings (SSSR count). The normalized spacial score (nSPS) is 12.9. The van der Waals surface area contributed by atoms with Crippen molar-refractivity contribution in [3.8, 4) is 0 Å². The first-order valence-corrected chi connectivity index (χ1v) is 9.42. The van der Waals surface area contributed by atoms with Crippen molar-refractivity contribution in [1.29, 1.82) is 0 Å². The molecule has 0 aliphatic heterocycles. The van der Waals surface area contributed by atoms with Gasteiger partial charge in [0.05, 0.1) is 10.4 Å². The molecular formula is C16H18BrF2N5S. The van der Waals surface area contributed by atoms with Gasteiger partial charge in [0.1, 0.15) is 0 Å². The van der Waals surface area contributed by atoms with Gasteiger partial charge in [0, 0.05) is 28.1 Å². The summed E-state index contributed by atoms with van der Waals surface area (Å²) in [7, 11) is 0. The Bertz CT molecular complexity index is 830. The third-order valence-corrected chi connectivity index (χ3v) is 6.51. The van der Waals surface area contributed by atoms with E-state index < -0.39 is 6.43 Å². The van der Waals surface area contributed by atoms with Crippen LogP contribution in [0.2, 0.25) is 0 Å². The molecule has 0 saturated heterocycles. The maximum absolute atomic E-state index is 13.0. The van der Waals surface area contributed by atoms with E-state index in [2.05, 4.69) is 36.2 Å². The van der Waals surface area contributed by atoms with Gasteiger partial charge in [-0.3, -0.25) is 0 Å². The third-order valence-electron chi connectivity index (χ3n) is 3.91. The van der Waals surface area contributed by atoms with E-state index in [1.54, 1.807) is 6.20 Å². The van der Waals surface area contributed by atoms with Crippen molar-refractivity contribution in [1.82, 2.24) is 15.0 Å². The number of nitrogens with two attached hydrogens (primary N) is 1. The molecule has 25 heavy (non-hydrogen) atoms. The van der Waals surface area contributed by atoms with Crippen LogP contribution in [0.4, 0.5) is 14.7 Å². The zero-order chi connectivity index (χ0) is 18.0. The van der Waals surface area contributed by atoms with E-state index in [0.717, 1.165) is 27.3 Å². The number of imidazole rings is 1. The van der Waals surface area contributed by atoms with Gasteiger partial charge in [0.15, 0.2) is 5.65 Å². The van der Waals surface area contributed by atoms with Crippen molar-refractivity contribution in [3.63, 3.8) is 0 Å². The first-order valence-electron chi connectivity index (χ1n) is 7.81. The molecule has 0 saturated carbocycles. The predicted molar refractivity (Wildman–Crippen MR) is 100 cm³/mol. The van der Waals surface area contributed by atoms with Gasteiger partial charge in [-0.15, -0.1) is 11.3 Å². The predicted octanol–water partition coefficient (Wildman–Crippen LogP) is 4.40. The van der Waals surface area contributed by atoms with Gasteiger partial charge in [-0.1, -0.05) is 0 Å². The fraction of sp³-hybridized carbons (Fsp3) is 0.375. The molecule has 5 nitrogen and oxygen atoms in total. The van der Waals surface area contributed by atoms with Gasteiger partial charge in [0.2, 0.25) is 5.95 Å². The number of fused-ring (bicyclic) bond motifs is 1. The Morgan fingerprint density at radius 1 is 1.44 bits per heavy atom. The fourth-order valence-electron chi connectivity index (χ4n) is 2.54. The summed E-state index contributed by atoms with van der Waals surface area (Å²) in [5, 5.41) is 3.19. The zero-order valence-corrected chi connectivity index (χ0v) is 15.9. The van der Waals surface area contributed by atoms with E-state index in [1.165, 1.54) is 0 Å². The summed E-state index contributed by atoms with van der Waals surface area (Å²) in [6, 6.07) is 3.63. The minimum atomic E-state index is -2.47. The molecule has 0 aliphatic rings. The summed E-state index contributed by atoms with van der Waals surface area (Å²) in [5.74, 6) is 0.649. The average Bonchev–Trinajstić information content (AvgIpc) is 3.10. The van der Waals surface area contributed by atoms with Gasteiger partial charge < -0.3 is 16.0 Å². The van der Waals surface area contributed by atoms with Crippen LogP contribution in [0, 0.1) is 6.92 Å². The van der Waals surface area contributed by atoms with Gasteiger partial charge in [-0.2, -0.15) is 4.98 Å². The fourth-order valence-corrected chi connectivity index (χ4v) is 4.48. The van der Waals surface area contributed by atoms with Gasteiger partial charge >= 0.3 is 0 Å². The molecule has 0 fully saturated rings. The zero-order valence-electron chi connectivity index (χ0n) is 13.5. The lowest BCUT2D eigenvalue weighted by Gasteiger charge is -2.11. The number of pyridine rings is 1. The Morgan fingerprint density at radius 3 is 2.92 bits per heavy atom. The summed E-state index contributed by atoms with van der Waals surface area (Å²) >= 11 is 4.38. The van der Waals surface area contributed by atoms with Crippen molar-refractivity contribution < 1.29 is 8.78 Å². The van der Waals surface area contributed by atoms with Crippen LogP contribution in [0.3, 0.4) is 0 Å². The Labute approximate surface area is 156 Å². The molecular weight excluding hydrogens is 412 g/mol. The summed E-state index contributed by atoms with van der Waals surface area (Å²) in [4.78, 5) is 12.6. The second-order valence-corrected chi connectivity index (χ2v) is 7.70. The molecule has 0 spiro atoms. The van der Waals surface area contributed by atoms with Crippen LogP contribution in [-0.4, -0.2) is 27.5 Å². The molecule has 3 aromatic rings. The van der Waals surface area contributed by atoms with Crippen molar-refractivity contribution in [2.24, 2.45) is 5.73 Å². The number of H-pyrrole nitrogens is 1. The van der Waals surface area contributed by atoms with Crippen LogP contribution in [-0.2, 0) is 6.42 Å². The largest absolute Gasteiger partial charge is 0.356 e. The first-order chi connectivity index (χ1) is 12.0. The molecule has 134 valence electrons. The number of rotatable bonds is 7. The molecule has 0 aliphatic carbocycles. The van der Waals surface area contributed by atoms with E-state index in [0.29, 0.717) is 35.5 Å². The molecule has 0 amide bonds. The number of thiophene rings is 1. The third kappa shape index (κ3) is 4.16. The van der Waals surface area contributed by atoms with Crippen LogP contribution in [0.1, 0.15) is 28.2 Å². The Hall–Kier alpha value is -1.58. The number of aromatic nitrogens is 3. The number of nitrogens with zero attached hydrogens (tertiary/aromatic N) is 2. The summed E-state index contributed by atoms with van der Waals surface area (Å²) in [6.07, 6.45) is 0.499. The molecule has 4 N–H and O–H groups in total. The van der Waals surface area contributed by atoms with Gasteiger partial charge in [0.25, 0.3) is 6.43 Å². The Kier molecular flexibility index (Phi) is 5.65. The van der Waals surface area contributed by atoms with Crippen LogP contribution in [0.15, 0.2) is 22.8 Å². The number of halogens is 3. The van der Waals surface area contributed by atoms with Crippen molar-refractivity contribution in [2.75, 3.05) is 11.9 Å². The Morgan fingerprint density at radius 2 is 2.24 bits per heavy atom. The lowest BCUT2D eigenvalue weighted by Crippen LogP contribution is -2.25. The van der Waals surface area contributed by atoms with Crippen LogP contribution in [0.5, 0.6) is 0 Å². The highest BCUT2D eigenvalue weighted by molar-refractivity contribution is 9.10. The monoisotopic (exact) mass is 429 g/mol. The number of hydrogen-bond acceptors (Lipinski definition) is 5. The standard InChI is InChI=1S/C16H18BrF2N5S/c1-8-11(25-13(12(8)17)14(18)19)7-9(20)4-6-22-16-23-10-3-2-5-21-15(10)24-16/h2-3,5,9,14H,4,6-7,20H2,1H3,(H2,21,22,23,24). The molecule has 3 aromatic heterocycles. The molecule has 1 atom stereocenters. The highest BCUT2D eigenvalue weighted by Crippen LogP contribution is 2.39. The summed E-state index contributed by atoms with van der Waals surface area (Å²) < 4.78 is 26.4. The minimum Gasteiger partial charge on any atom is -0.356 e. The van der Waals surface area contributed by atoms with Crippen molar-refractivity contribution >= 4 is 44.4 Å². The average molecular weight is 430 g/mol. The van der Waals surface area contributed by atoms with E-state index in [-0.39, 0.29) is 10.9 Å². The smallest absolute Gasteiger partial charge is 0.273 e. The lowest BCUT2D eigenvalue weighted by atomic mass is 10.1. The second kappa shape index (κ2) is 7.76. The summed E-state index contributed by atoms with van der Waals surface area (Å²) in [6.45, 7) is 2.47. The molecule has 0 aromatic carbocycles. The highest BCUT2D eigenvalue weighted by atomic mass is 79.9. The molecule has 3 heterocycles. The Balaban J connectivity index is 1.54. The number of anilines is 1. The van der Waals surface area contributed by atoms with Crippen LogP contribution >= 0.6 is 27.3 Å². The maximum atomic E-state index is 13.0.